The zero-order valence-corrected chi connectivity index (χ0v) is 13.6. The minimum absolute atomic E-state index is 0.0341. The fourth-order valence-electron chi connectivity index (χ4n) is 2.24. The Morgan fingerprint density at radius 3 is 2.15 bits per heavy atom. The zero-order valence-electron chi connectivity index (χ0n) is 13.6. The van der Waals surface area contributed by atoms with Gasteiger partial charge in [0.15, 0.2) is 0 Å². The van der Waals surface area contributed by atoms with E-state index in [4.69, 9.17) is 20.4 Å². The summed E-state index contributed by atoms with van der Waals surface area (Å²) in [6.45, 7) is 0.227. The normalized spacial score (nSPS) is 16.1. The molecule has 10 heteroatoms. The highest BCUT2D eigenvalue weighted by molar-refractivity contribution is 5.73. The summed E-state index contributed by atoms with van der Waals surface area (Å²) in [6, 6.07) is 5.30. The molecule has 1 atom stereocenters. The number of rotatable bonds is 5. The molecule has 0 amide bonds. The van der Waals surface area contributed by atoms with Crippen molar-refractivity contribution in [3.05, 3.63) is 29.8 Å². The number of halogens is 6. The molecule has 1 aromatic rings. The zero-order chi connectivity index (χ0) is 20.0. The first-order chi connectivity index (χ1) is 11.9. The second kappa shape index (κ2) is 9.11. The van der Waals surface area contributed by atoms with Crippen LogP contribution in [-0.2, 0) is 11.0 Å². The highest BCUT2D eigenvalue weighted by atomic mass is 19.4. The Bertz CT molecular complexity index is 584. The van der Waals surface area contributed by atoms with E-state index in [-0.39, 0.29) is 18.4 Å². The fourth-order valence-corrected chi connectivity index (χ4v) is 2.24. The number of hydrogen-bond donors (Lipinski definition) is 2. The Labute approximate surface area is 145 Å². The van der Waals surface area contributed by atoms with Crippen molar-refractivity contribution in [1.29, 1.82) is 0 Å². The average molecular weight is 387 g/mol. The van der Waals surface area contributed by atoms with E-state index >= 15 is 0 Å². The van der Waals surface area contributed by atoms with Crippen LogP contribution in [0.3, 0.4) is 0 Å². The van der Waals surface area contributed by atoms with Crippen molar-refractivity contribution >= 4 is 5.97 Å². The fraction of sp³-hybridized carbons (Fsp3) is 0.562. The maximum atomic E-state index is 12.7. The smallest absolute Gasteiger partial charge is 0.490 e. The van der Waals surface area contributed by atoms with Gasteiger partial charge in [0, 0.05) is 6.04 Å². The van der Waals surface area contributed by atoms with Crippen LogP contribution in [0.5, 0.6) is 5.75 Å². The summed E-state index contributed by atoms with van der Waals surface area (Å²) in [6.07, 6.45) is -5.42. The maximum Gasteiger partial charge on any atom is 0.490 e. The molecule has 26 heavy (non-hydrogen) atoms. The van der Waals surface area contributed by atoms with E-state index in [9.17, 15) is 26.3 Å². The van der Waals surface area contributed by atoms with Gasteiger partial charge in [-0.1, -0.05) is 18.6 Å². The van der Waals surface area contributed by atoms with Gasteiger partial charge in [0.25, 0.3) is 0 Å². The van der Waals surface area contributed by atoms with Gasteiger partial charge in [-0.3, -0.25) is 0 Å². The average Bonchev–Trinajstić information content (AvgIpc) is 2.44. The van der Waals surface area contributed by atoms with Crippen molar-refractivity contribution in [2.45, 2.75) is 44.1 Å². The molecule has 0 aromatic heterocycles. The molecule has 0 radical (unpaired) electrons. The van der Waals surface area contributed by atoms with Crippen LogP contribution in [0.2, 0.25) is 0 Å². The van der Waals surface area contributed by atoms with Gasteiger partial charge >= 0.3 is 18.3 Å². The number of carbonyl (C=O) groups is 1. The molecule has 0 bridgehead atoms. The number of carboxylic acid groups (broad SMARTS) is 1. The Balaban J connectivity index is 0.000000412. The van der Waals surface area contributed by atoms with Crippen molar-refractivity contribution in [3.8, 4) is 5.75 Å². The molecule has 1 fully saturated rings. The molecule has 4 nitrogen and oxygen atoms in total. The number of hydrogen-bond acceptors (Lipinski definition) is 3. The van der Waals surface area contributed by atoms with E-state index in [1.807, 2.05) is 0 Å². The number of carboxylic acids is 1. The third-order valence-electron chi connectivity index (χ3n) is 3.90. The first-order valence-corrected chi connectivity index (χ1v) is 7.77. The molecule has 1 aromatic carbocycles. The standard InChI is InChI=1S/C14H18F3NO.C2HF3O2/c15-14(16,17)11-6-1-2-7-13(11)19-9-8-12(18)10-4-3-5-10;3-2(4,5)1(6)7/h1-2,6-7,10,12H,3-5,8-9,18H2;(H,6,7). The first-order valence-electron chi connectivity index (χ1n) is 7.77. The highest BCUT2D eigenvalue weighted by Gasteiger charge is 2.38. The number of ether oxygens (including phenoxy) is 1. The third-order valence-corrected chi connectivity index (χ3v) is 3.90. The van der Waals surface area contributed by atoms with Gasteiger partial charge in [0.05, 0.1) is 12.2 Å². The quantitative estimate of drug-likeness (QED) is 0.742. The Morgan fingerprint density at radius 2 is 1.73 bits per heavy atom. The summed E-state index contributed by atoms with van der Waals surface area (Å²) < 4.78 is 75.2. The lowest BCUT2D eigenvalue weighted by molar-refractivity contribution is -0.192. The summed E-state index contributed by atoms with van der Waals surface area (Å²) in [5, 5.41) is 7.12. The molecule has 148 valence electrons. The lowest BCUT2D eigenvalue weighted by atomic mass is 9.79. The van der Waals surface area contributed by atoms with E-state index in [1.165, 1.54) is 24.6 Å². The van der Waals surface area contributed by atoms with Gasteiger partial charge in [-0.2, -0.15) is 26.3 Å². The molecule has 3 N–H and O–H groups in total. The van der Waals surface area contributed by atoms with Crippen molar-refractivity contribution < 1.29 is 41.0 Å². The first kappa shape index (κ1) is 22.1. The maximum absolute atomic E-state index is 12.7. The van der Waals surface area contributed by atoms with Crippen LogP contribution < -0.4 is 10.5 Å². The summed E-state index contributed by atoms with van der Waals surface area (Å²) >= 11 is 0. The Kier molecular flexibility index (Phi) is 7.73. The largest absolute Gasteiger partial charge is 0.493 e. The van der Waals surface area contributed by atoms with E-state index < -0.39 is 23.9 Å². The van der Waals surface area contributed by atoms with E-state index in [0.29, 0.717) is 12.3 Å². The minimum atomic E-state index is -5.08. The molecule has 1 unspecified atom stereocenters. The van der Waals surface area contributed by atoms with Crippen LogP contribution in [0.1, 0.15) is 31.2 Å². The van der Waals surface area contributed by atoms with Crippen molar-refractivity contribution in [2.75, 3.05) is 6.61 Å². The van der Waals surface area contributed by atoms with Crippen LogP contribution in [-0.4, -0.2) is 29.9 Å². The summed E-state index contributed by atoms with van der Waals surface area (Å²) in [7, 11) is 0. The second-order valence-corrected chi connectivity index (χ2v) is 5.79. The molecule has 2 rings (SSSR count). The number of benzene rings is 1. The molecule has 0 saturated heterocycles. The van der Waals surface area contributed by atoms with Gasteiger partial charge in [-0.15, -0.1) is 0 Å². The van der Waals surface area contributed by atoms with Crippen LogP contribution >= 0.6 is 0 Å². The second-order valence-electron chi connectivity index (χ2n) is 5.79. The van der Waals surface area contributed by atoms with Crippen molar-refractivity contribution in [1.82, 2.24) is 0 Å². The monoisotopic (exact) mass is 387 g/mol. The lowest BCUT2D eigenvalue weighted by Gasteiger charge is -2.31. The predicted octanol–water partition coefficient (Wildman–Crippen LogP) is 4.24. The molecule has 0 spiro atoms. The van der Waals surface area contributed by atoms with Gasteiger partial charge in [-0.05, 0) is 37.3 Å². The van der Waals surface area contributed by atoms with Crippen molar-refractivity contribution in [2.24, 2.45) is 11.7 Å². The third kappa shape index (κ3) is 7.11. The van der Waals surface area contributed by atoms with E-state index in [1.54, 1.807) is 0 Å². The number of aliphatic carboxylic acids is 1. The van der Waals surface area contributed by atoms with Crippen LogP contribution in [0, 0.1) is 5.92 Å². The van der Waals surface area contributed by atoms with E-state index in [0.717, 1.165) is 18.9 Å². The van der Waals surface area contributed by atoms with Crippen LogP contribution in [0.15, 0.2) is 24.3 Å². The summed E-state index contributed by atoms with van der Waals surface area (Å²) in [5.41, 5.74) is 5.24. The summed E-state index contributed by atoms with van der Waals surface area (Å²) in [4.78, 5) is 8.90. The molecule has 0 aliphatic heterocycles. The SMILES string of the molecule is NC(CCOc1ccccc1C(F)(F)F)C1CCC1.O=C(O)C(F)(F)F. The van der Waals surface area contributed by atoms with Gasteiger partial charge < -0.3 is 15.6 Å². The number of nitrogens with two attached hydrogens (primary N) is 1. The summed E-state index contributed by atoms with van der Waals surface area (Å²) in [5.74, 6) is -2.36. The topological polar surface area (TPSA) is 72.5 Å². The highest BCUT2D eigenvalue weighted by Crippen LogP contribution is 2.36. The van der Waals surface area contributed by atoms with Crippen LogP contribution in [0.25, 0.3) is 0 Å². The van der Waals surface area contributed by atoms with Gasteiger partial charge in [0.2, 0.25) is 0 Å². The van der Waals surface area contributed by atoms with Crippen molar-refractivity contribution in [3.63, 3.8) is 0 Å². The van der Waals surface area contributed by atoms with E-state index in [2.05, 4.69) is 0 Å². The molecular formula is C16H19F6NO3. The Morgan fingerprint density at radius 1 is 1.19 bits per heavy atom. The van der Waals surface area contributed by atoms with Gasteiger partial charge in [-0.25, -0.2) is 4.79 Å². The molecule has 1 aliphatic carbocycles. The molecule has 1 saturated carbocycles. The molecule has 0 heterocycles. The number of alkyl halides is 6. The predicted molar refractivity (Wildman–Crippen MR) is 80.6 cm³/mol. The lowest BCUT2D eigenvalue weighted by Crippen LogP contribution is -2.35. The number of para-hydroxylation sites is 1. The van der Waals surface area contributed by atoms with Crippen LogP contribution in [0.4, 0.5) is 26.3 Å². The molecule has 1 aliphatic rings. The Hall–Kier alpha value is -1.97. The molecular weight excluding hydrogens is 368 g/mol. The van der Waals surface area contributed by atoms with Gasteiger partial charge in [0.1, 0.15) is 5.75 Å². The minimum Gasteiger partial charge on any atom is -0.493 e.